The first-order valence-electron chi connectivity index (χ1n) is 7.85. The van der Waals surface area contributed by atoms with Crippen molar-refractivity contribution in [2.75, 3.05) is 19.0 Å². The maximum Gasteiger partial charge on any atom is 0.193 e. The average molecular weight is 311 g/mol. The number of nitrogens with two attached hydrogens (primary N) is 1. The van der Waals surface area contributed by atoms with Crippen LogP contribution in [-0.2, 0) is 6.42 Å². The van der Waals surface area contributed by atoms with Crippen molar-refractivity contribution >= 4 is 11.6 Å². The van der Waals surface area contributed by atoms with Crippen molar-refractivity contribution < 1.29 is 4.74 Å². The van der Waals surface area contributed by atoms with E-state index in [9.17, 15) is 0 Å². The van der Waals surface area contributed by atoms with Crippen molar-refractivity contribution in [2.45, 2.75) is 26.7 Å². The maximum absolute atomic E-state index is 5.94. The van der Waals surface area contributed by atoms with Crippen molar-refractivity contribution in [3.63, 3.8) is 0 Å². The van der Waals surface area contributed by atoms with Crippen LogP contribution in [0.3, 0.4) is 0 Å². The minimum atomic E-state index is 0.457. The standard InChI is InChI=1S/C19H25N3O/c1-14-9-10-17(12-15(14)2)22-19(20)21-11-5-7-16-6-4-8-18(13-16)23-3/h4,6,8-10,12-13H,5,7,11H2,1-3H3,(H3,20,21,22). The summed E-state index contributed by atoms with van der Waals surface area (Å²) in [6.07, 6.45) is 1.90. The lowest BCUT2D eigenvalue weighted by Gasteiger charge is -2.08. The topological polar surface area (TPSA) is 59.6 Å². The zero-order chi connectivity index (χ0) is 16.7. The van der Waals surface area contributed by atoms with Crippen molar-refractivity contribution in [3.8, 4) is 5.75 Å². The lowest BCUT2D eigenvalue weighted by atomic mass is 10.1. The number of anilines is 1. The van der Waals surface area contributed by atoms with Crippen LogP contribution in [0.4, 0.5) is 5.69 Å². The van der Waals surface area contributed by atoms with E-state index < -0.39 is 0 Å². The van der Waals surface area contributed by atoms with Crippen LogP contribution < -0.4 is 15.8 Å². The molecule has 3 N–H and O–H groups in total. The number of benzene rings is 2. The third-order valence-electron chi connectivity index (χ3n) is 3.82. The number of nitrogens with one attached hydrogen (secondary N) is 1. The van der Waals surface area contributed by atoms with Crippen LogP contribution in [0.15, 0.2) is 47.5 Å². The highest BCUT2D eigenvalue weighted by Gasteiger charge is 1.99. The van der Waals surface area contributed by atoms with Gasteiger partial charge in [0.15, 0.2) is 5.96 Å². The van der Waals surface area contributed by atoms with E-state index in [2.05, 4.69) is 48.4 Å². The number of rotatable bonds is 6. The summed E-state index contributed by atoms with van der Waals surface area (Å²) in [5.74, 6) is 1.35. The lowest BCUT2D eigenvalue weighted by Crippen LogP contribution is -2.23. The summed E-state index contributed by atoms with van der Waals surface area (Å²) in [6, 6.07) is 14.3. The van der Waals surface area contributed by atoms with Gasteiger partial charge in [-0.2, -0.15) is 0 Å². The summed E-state index contributed by atoms with van der Waals surface area (Å²) in [5.41, 5.74) is 10.7. The summed E-state index contributed by atoms with van der Waals surface area (Å²) in [5, 5.41) is 3.13. The van der Waals surface area contributed by atoms with Gasteiger partial charge in [-0.3, -0.25) is 4.99 Å². The van der Waals surface area contributed by atoms with Crippen LogP contribution >= 0.6 is 0 Å². The molecule has 2 aromatic carbocycles. The Balaban J connectivity index is 1.81. The molecule has 0 aliphatic carbocycles. The summed E-state index contributed by atoms with van der Waals surface area (Å²) < 4.78 is 5.23. The second kappa shape index (κ2) is 8.22. The van der Waals surface area contributed by atoms with E-state index in [0.29, 0.717) is 12.5 Å². The lowest BCUT2D eigenvalue weighted by molar-refractivity contribution is 0.414. The Kier molecular flexibility index (Phi) is 6.03. The van der Waals surface area contributed by atoms with Crippen LogP contribution in [0.2, 0.25) is 0 Å². The first-order valence-corrected chi connectivity index (χ1v) is 7.85. The maximum atomic E-state index is 5.94. The summed E-state index contributed by atoms with van der Waals surface area (Å²) in [4.78, 5) is 4.38. The summed E-state index contributed by atoms with van der Waals surface area (Å²) in [6.45, 7) is 4.87. The summed E-state index contributed by atoms with van der Waals surface area (Å²) >= 11 is 0. The Hall–Kier alpha value is -2.49. The molecule has 4 nitrogen and oxygen atoms in total. The van der Waals surface area contributed by atoms with Gasteiger partial charge in [-0.25, -0.2) is 0 Å². The quantitative estimate of drug-likeness (QED) is 0.486. The average Bonchev–Trinajstić information content (AvgIpc) is 2.55. The second-order valence-corrected chi connectivity index (χ2v) is 5.65. The first kappa shape index (κ1) is 16.9. The van der Waals surface area contributed by atoms with Crippen molar-refractivity contribution in [2.24, 2.45) is 10.7 Å². The van der Waals surface area contributed by atoms with Crippen LogP contribution in [0.25, 0.3) is 0 Å². The number of nitrogens with zero attached hydrogens (tertiary/aromatic N) is 1. The Labute approximate surface area is 138 Å². The number of hydrogen-bond acceptors (Lipinski definition) is 2. The molecule has 0 unspecified atom stereocenters. The fraction of sp³-hybridized carbons (Fsp3) is 0.316. The molecule has 0 heterocycles. The monoisotopic (exact) mass is 311 g/mol. The molecule has 2 aromatic rings. The minimum Gasteiger partial charge on any atom is -0.497 e. The number of aliphatic imine (C=N–C) groups is 1. The van der Waals surface area contributed by atoms with Crippen molar-refractivity contribution in [3.05, 3.63) is 59.2 Å². The highest BCUT2D eigenvalue weighted by atomic mass is 16.5. The molecule has 0 aliphatic rings. The molecule has 0 bridgehead atoms. The Morgan fingerprint density at radius 1 is 1.13 bits per heavy atom. The Morgan fingerprint density at radius 2 is 1.96 bits per heavy atom. The SMILES string of the molecule is COc1cccc(CCCN=C(N)Nc2ccc(C)c(C)c2)c1. The van der Waals surface area contributed by atoms with E-state index in [1.165, 1.54) is 16.7 Å². The molecule has 0 spiro atoms. The Morgan fingerprint density at radius 3 is 2.70 bits per heavy atom. The van der Waals surface area contributed by atoms with Crippen molar-refractivity contribution in [1.82, 2.24) is 0 Å². The molecular weight excluding hydrogens is 286 g/mol. The van der Waals surface area contributed by atoms with Gasteiger partial charge in [0.2, 0.25) is 0 Å². The zero-order valence-electron chi connectivity index (χ0n) is 14.1. The number of methoxy groups -OCH3 is 1. The van der Waals surface area contributed by atoms with E-state index in [1.54, 1.807) is 7.11 Å². The third-order valence-corrected chi connectivity index (χ3v) is 3.82. The fourth-order valence-electron chi connectivity index (χ4n) is 2.32. The van der Waals surface area contributed by atoms with Gasteiger partial charge >= 0.3 is 0 Å². The first-order chi connectivity index (χ1) is 11.1. The van der Waals surface area contributed by atoms with E-state index in [-0.39, 0.29) is 0 Å². The van der Waals surface area contributed by atoms with Crippen molar-refractivity contribution in [1.29, 1.82) is 0 Å². The number of hydrogen-bond donors (Lipinski definition) is 2. The molecule has 0 radical (unpaired) electrons. The molecule has 0 saturated heterocycles. The predicted molar refractivity (Wildman–Crippen MR) is 97.3 cm³/mol. The Bertz CT molecular complexity index is 680. The van der Waals surface area contributed by atoms with Gasteiger partial charge in [-0.05, 0) is 67.6 Å². The minimum absolute atomic E-state index is 0.457. The van der Waals surface area contributed by atoms with E-state index in [1.807, 2.05) is 18.2 Å². The van der Waals surface area contributed by atoms with Crippen LogP contribution in [0, 0.1) is 13.8 Å². The molecular formula is C19H25N3O. The number of ether oxygens (including phenoxy) is 1. The van der Waals surface area contributed by atoms with Crippen LogP contribution in [0.5, 0.6) is 5.75 Å². The van der Waals surface area contributed by atoms with Gasteiger partial charge in [0, 0.05) is 12.2 Å². The van der Waals surface area contributed by atoms with E-state index in [0.717, 1.165) is 24.3 Å². The van der Waals surface area contributed by atoms with Gasteiger partial charge in [0.1, 0.15) is 5.75 Å². The molecule has 0 aromatic heterocycles. The van der Waals surface area contributed by atoms with Crippen LogP contribution in [0.1, 0.15) is 23.1 Å². The van der Waals surface area contributed by atoms with E-state index in [4.69, 9.17) is 10.5 Å². The molecule has 0 fully saturated rings. The predicted octanol–water partition coefficient (Wildman–Crippen LogP) is 3.67. The van der Waals surface area contributed by atoms with Gasteiger partial charge in [-0.1, -0.05) is 18.2 Å². The third kappa shape index (κ3) is 5.33. The van der Waals surface area contributed by atoms with Gasteiger partial charge in [0.25, 0.3) is 0 Å². The van der Waals surface area contributed by atoms with Gasteiger partial charge in [0.05, 0.1) is 7.11 Å². The van der Waals surface area contributed by atoms with Gasteiger partial charge < -0.3 is 15.8 Å². The summed E-state index contributed by atoms with van der Waals surface area (Å²) in [7, 11) is 1.68. The van der Waals surface area contributed by atoms with E-state index >= 15 is 0 Å². The van der Waals surface area contributed by atoms with Gasteiger partial charge in [-0.15, -0.1) is 0 Å². The zero-order valence-corrected chi connectivity index (χ0v) is 14.1. The fourth-order valence-corrected chi connectivity index (χ4v) is 2.32. The highest BCUT2D eigenvalue weighted by Crippen LogP contribution is 2.15. The second-order valence-electron chi connectivity index (χ2n) is 5.65. The largest absolute Gasteiger partial charge is 0.497 e. The number of guanidine groups is 1. The number of aryl methyl sites for hydroxylation is 3. The van der Waals surface area contributed by atoms with Crippen LogP contribution in [-0.4, -0.2) is 19.6 Å². The molecule has 122 valence electrons. The molecule has 4 heteroatoms. The highest BCUT2D eigenvalue weighted by molar-refractivity contribution is 5.92. The molecule has 0 atom stereocenters. The molecule has 2 rings (SSSR count). The molecule has 23 heavy (non-hydrogen) atoms. The smallest absolute Gasteiger partial charge is 0.193 e. The normalized spacial score (nSPS) is 11.3. The molecule has 0 amide bonds. The molecule has 0 saturated carbocycles. The molecule has 0 aliphatic heterocycles.